The molecular weight excluding hydrogens is 176 g/mol. The van der Waals surface area contributed by atoms with E-state index in [2.05, 4.69) is 4.99 Å². The molecule has 0 amide bonds. The first-order valence-corrected chi connectivity index (χ1v) is 3.21. The van der Waals surface area contributed by atoms with E-state index in [1.807, 2.05) is 0 Å². The maximum absolute atomic E-state index is 10.4. The van der Waals surface area contributed by atoms with E-state index in [4.69, 9.17) is 5.11 Å². The second-order valence-corrected chi connectivity index (χ2v) is 2.11. The van der Waals surface area contributed by atoms with Gasteiger partial charge in [-0.1, -0.05) is 6.07 Å². The molecule has 0 saturated carbocycles. The van der Waals surface area contributed by atoms with Crippen LogP contribution in [0, 0.1) is 10.1 Å². The molecular formula is C7H4N2O4. The highest BCUT2D eigenvalue weighted by Crippen LogP contribution is 2.34. The van der Waals surface area contributed by atoms with Gasteiger partial charge in [0.15, 0.2) is 11.4 Å². The van der Waals surface area contributed by atoms with Crippen molar-refractivity contribution in [3.8, 4) is 5.75 Å². The Morgan fingerprint density at radius 3 is 2.77 bits per heavy atom. The lowest BCUT2D eigenvalue weighted by Gasteiger charge is -1.96. The molecule has 0 aromatic heterocycles. The molecule has 66 valence electrons. The normalized spacial score (nSPS) is 8.92. The first-order valence-electron chi connectivity index (χ1n) is 3.21. The summed E-state index contributed by atoms with van der Waals surface area (Å²) in [5.41, 5.74) is -0.800. The molecule has 0 aliphatic heterocycles. The summed E-state index contributed by atoms with van der Waals surface area (Å²) in [5, 5.41) is 19.4. The van der Waals surface area contributed by atoms with Crippen molar-refractivity contribution in [2.75, 3.05) is 0 Å². The number of nitrogens with zero attached hydrogens (tertiary/aromatic N) is 2. The lowest BCUT2D eigenvalue weighted by atomic mass is 10.2. The molecule has 0 aliphatic carbocycles. The molecule has 0 fully saturated rings. The molecule has 0 heterocycles. The molecule has 13 heavy (non-hydrogen) atoms. The molecule has 0 saturated heterocycles. The molecule has 6 nitrogen and oxygen atoms in total. The zero-order chi connectivity index (χ0) is 9.84. The molecule has 1 rings (SSSR count). The lowest BCUT2D eigenvalue weighted by Crippen LogP contribution is -1.88. The number of aromatic hydroxyl groups is 1. The topological polar surface area (TPSA) is 92.8 Å². The Labute approximate surface area is 72.3 Å². The van der Waals surface area contributed by atoms with E-state index in [1.165, 1.54) is 18.2 Å². The Hall–Kier alpha value is -2.20. The number of hydrogen-bond donors (Lipinski definition) is 1. The number of phenolic OH excluding ortho intramolecular Hbond substituents is 1. The summed E-state index contributed by atoms with van der Waals surface area (Å²) in [6.45, 7) is 0. The Morgan fingerprint density at radius 2 is 2.23 bits per heavy atom. The molecule has 1 aromatic rings. The van der Waals surface area contributed by atoms with Crippen molar-refractivity contribution in [2.45, 2.75) is 0 Å². The van der Waals surface area contributed by atoms with E-state index >= 15 is 0 Å². The average molecular weight is 180 g/mol. The summed E-state index contributed by atoms with van der Waals surface area (Å²) in [4.78, 5) is 22.5. The predicted molar refractivity (Wildman–Crippen MR) is 42.5 cm³/mol. The van der Waals surface area contributed by atoms with Gasteiger partial charge >= 0.3 is 5.69 Å². The van der Waals surface area contributed by atoms with Crippen LogP contribution in [-0.4, -0.2) is 16.1 Å². The van der Waals surface area contributed by atoms with Crippen LogP contribution < -0.4 is 0 Å². The number of rotatable bonds is 2. The van der Waals surface area contributed by atoms with E-state index in [9.17, 15) is 14.9 Å². The largest absolute Gasteiger partial charge is 0.502 e. The van der Waals surface area contributed by atoms with E-state index < -0.39 is 16.4 Å². The fourth-order valence-electron chi connectivity index (χ4n) is 0.846. The standard InChI is InChI=1S/C7H4N2O4/c10-4-8-5-2-1-3-6(11)7(5)9(12)13/h1-3,11H. The monoisotopic (exact) mass is 180 g/mol. The van der Waals surface area contributed by atoms with E-state index in [0.29, 0.717) is 0 Å². The zero-order valence-electron chi connectivity index (χ0n) is 6.30. The Kier molecular flexibility index (Phi) is 2.37. The lowest BCUT2D eigenvalue weighted by molar-refractivity contribution is -0.385. The number of benzene rings is 1. The van der Waals surface area contributed by atoms with Gasteiger partial charge in [-0.15, -0.1) is 0 Å². The second kappa shape index (κ2) is 3.46. The highest BCUT2D eigenvalue weighted by atomic mass is 16.6. The van der Waals surface area contributed by atoms with Crippen LogP contribution in [0.25, 0.3) is 0 Å². The van der Waals surface area contributed by atoms with Crippen molar-refractivity contribution < 1.29 is 14.8 Å². The van der Waals surface area contributed by atoms with E-state index in [0.717, 1.165) is 6.07 Å². The van der Waals surface area contributed by atoms with Gasteiger partial charge < -0.3 is 5.11 Å². The number of nitro groups is 1. The van der Waals surface area contributed by atoms with Crippen LogP contribution >= 0.6 is 0 Å². The van der Waals surface area contributed by atoms with Gasteiger partial charge in [-0.25, -0.2) is 4.79 Å². The van der Waals surface area contributed by atoms with Gasteiger partial charge in [0.05, 0.1) is 4.92 Å². The average Bonchev–Trinajstić information content (AvgIpc) is 2.04. The summed E-state index contributed by atoms with van der Waals surface area (Å²) < 4.78 is 0. The molecule has 1 aromatic carbocycles. The third kappa shape index (κ3) is 1.69. The minimum Gasteiger partial charge on any atom is -0.502 e. The number of isocyanates is 1. The summed E-state index contributed by atoms with van der Waals surface area (Å²) in [6, 6.07) is 3.73. The van der Waals surface area contributed by atoms with Crippen LogP contribution in [0.2, 0.25) is 0 Å². The number of aliphatic imine (C=N–C) groups is 1. The third-order valence-corrected chi connectivity index (χ3v) is 1.34. The van der Waals surface area contributed by atoms with Crippen molar-refractivity contribution in [2.24, 2.45) is 4.99 Å². The van der Waals surface area contributed by atoms with Gasteiger partial charge in [0.2, 0.25) is 6.08 Å². The molecule has 0 spiro atoms. The van der Waals surface area contributed by atoms with Crippen LogP contribution in [0.15, 0.2) is 23.2 Å². The van der Waals surface area contributed by atoms with Crippen molar-refractivity contribution in [3.63, 3.8) is 0 Å². The number of para-hydroxylation sites is 1. The number of carbonyl (C=O) groups excluding carboxylic acids is 1. The first-order chi connectivity index (χ1) is 6.16. The van der Waals surface area contributed by atoms with Gasteiger partial charge in [0.25, 0.3) is 0 Å². The quantitative estimate of drug-likeness (QED) is 0.321. The summed E-state index contributed by atoms with van der Waals surface area (Å²) in [6.07, 6.45) is 1.17. The maximum Gasteiger partial charge on any atom is 0.336 e. The highest BCUT2D eigenvalue weighted by molar-refractivity contribution is 5.67. The molecule has 0 atom stereocenters. The van der Waals surface area contributed by atoms with Gasteiger partial charge in [0.1, 0.15) is 0 Å². The molecule has 1 N–H and O–H groups in total. The summed E-state index contributed by atoms with van der Waals surface area (Å²) >= 11 is 0. The van der Waals surface area contributed by atoms with Crippen LogP contribution in [-0.2, 0) is 4.79 Å². The molecule has 6 heteroatoms. The molecule has 0 aliphatic rings. The minimum atomic E-state index is -0.814. The van der Waals surface area contributed by atoms with Crippen molar-refractivity contribution >= 4 is 17.5 Å². The van der Waals surface area contributed by atoms with Crippen molar-refractivity contribution in [1.82, 2.24) is 0 Å². The second-order valence-electron chi connectivity index (χ2n) is 2.11. The Morgan fingerprint density at radius 1 is 1.54 bits per heavy atom. The van der Waals surface area contributed by atoms with Crippen molar-refractivity contribution in [3.05, 3.63) is 28.3 Å². The number of phenols is 1. The van der Waals surface area contributed by atoms with Gasteiger partial charge in [0, 0.05) is 0 Å². The van der Waals surface area contributed by atoms with Crippen molar-refractivity contribution in [1.29, 1.82) is 0 Å². The first kappa shape index (κ1) is 8.89. The Bertz CT molecular complexity index is 395. The molecule has 0 radical (unpaired) electrons. The van der Waals surface area contributed by atoms with E-state index in [-0.39, 0.29) is 5.69 Å². The van der Waals surface area contributed by atoms with Gasteiger partial charge in [-0.2, -0.15) is 4.99 Å². The summed E-state index contributed by atoms with van der Waals surface area (Å²) in [7, 11) is 0. The van der Waals surface area contributed by atoms with E-state index in [1.54, 1.807) is 0 Å². The summed E-state index contributed by atoms with van der Waals surface area (Å²) in [5.74, 6) is -0.526. The fourth-order valence-corrected chi connectivity index (χ4v) is 0.846. The predicted octanol–water partition coefficient (Wildman–Crippen LogP) is 1.27. The Balaban J connectivity index is 3.42. The fraction of sp³-hybridized carbons (Fsp3) is 0. The SMILES string of the molecule is O=C=Nc1cccc(O)c1[N+](=O)[O-]. The van der Waals surface area contributed by atoms with Crippen LogP contribution in [0.4, 0.5) is 11.4 Å². The smallest absolute Gasteiger partial charge is 0.336 e. The van der Waals surface area contributed by atoms with Gasteiger partial charge in [-0.3, -0.25) is 10.1 Å². The molecule has 0 unspecified atom stereocenters. The number of nitro benzene ring substituents is 1. The molecule has 0 bridgehead atoms. The minimum absolute atomic E-state index is 0.208. The highest BCUT2D eigenvalue weighted by Gasteiger charge is 2.18. The maximum atomic E-state index is 10.4. The van der Waals surface area contributed by atoms with Crippen LogP contribution in [0.3, 0.4) is 0 Å². The van der Waals surface area contributed by atoms with Gasteiger partial charge in [-0.05, 0) is 12.1 Å². The van der Waals surface area contributed by atoms with Crippen LogP contribution in [0.5, 0.6) is 5.75 Å². The number of hydrogen-bond acceptors (Lipinski definition) is 5. The van der Waals surface area contributed by atoms with Crippen LogP contribution in [0.1, 0.15) is 0 Å². The zero-order valence-corrected chi connectivity index (χ0v) is 6.30. The third-order valence-electron chi connectivity index (χ3n) is 1.34.